The molecule has 6 nitrogen and oxygen atoms in total. The predicted molar refractivity (Wildman–Crippen MR) is 140 cm³/mol. The molecule has 2 aromatic heterocycles. The highest BCUT2D eigenvalue weighted by molar-refractivity contribution is 14.1. The minimum absolute atomic E-state index is 0.0664. The number of carbonyl (C=O) groups excluding carboxylic acids is 1. The van der Waals surface area contributed by atoms with Crippen LogP contribution in [0, 0.1) is 28.2 Å². The number of halogens is 6. The van der Waals surface area contributed by atoms with Crippen LogP contribution in [0.5, 0.6) is 0 Å². The molecule has 4 aromatic rings. The van der Waals surface area contributed by atoms with Gasteiger partial charge in [-0.3, -0.25) is 14.3 Å². The number of nitrogens with one attached hydrogen (secondary N) is 1. The highest BCUT2D eigenvalue weighted by Crippen LogP contribution is 2.28. The Hall–Kier alpha value is -1.43. The number of benzene rings is 2. The maximum absolute atomic E-state index is 14.3. The monoisotopic (exact) mass is 778 g/mol. The van der Waals surface area contributed by atoms with Gasteiger partial charge in [-0.1, -0.05) is 0 Å². The van der Waals surface area contributed by atoms with Gasteiger partial charge < -0.3 is 9.88 Å². The first-order valence-corrected chi connectivity index (χ1v) is 12.3. The first-order valence-electron chi connectivity index (χ1n) is 9.06. The van der Waals surface area contributed by atoms with Crippen molar-refractivity contribution in [2.45, 2.75) is 13.0 Å². The van der Waals surface area contributed by atoms with Crippen LogP contribution >= 0.6 is 67.8 Å². The van der Waals surface area contributed by atoms with Crippen molar-refractivity contribution >= 4 is 101 Å². The van der Waals surface area contributed by atoms with Gasteiger partial charge >= 0.3 is 0 Å². The SMILES string of the molecule is Cn1ncc2c(=O)n(CCC(=O)Nc3cc(I)c(F)c(I)c3F)c3cc(F)c(I)cc3c21. The molecular formula is C20H12F3I3N4O2. The summed E-state index contributed by atoms with van der Waals surface area (Å²) >= 11 is 5.11. The van der Waals surface area contributed by atoms with E-state index in [2.05, 4.69) is 10.4 Å². The lowest BCUT2D eigenvalue weighted by atomic mass is 10.1. The van der Waals surface area contributed by atoms with Gasteiger partial charge in [0.05, 0.1) is 35.4 Å². The Morgan fingerprint density at radius 1 is 1.06 bits per heavy atom. The molecule has 1 amide bonds. The Morgan fingerprint density at radius 3 is 2.50 bits per heavy atom. The Labute approximate surface area is 220 Å². The van der Waals surface area contributed by atoms with E-state index in [0.717, 1.165) is 0 Å². The van der Waals surface area contributed by atoms with E-state index in [0.29, 0.717) is 25.4 Å². The van der Waals surface area contributed by atoms with Crippen molar-refractivity contribution in [2.75, 3.05) is 5.32 Å². The molecule has 0 saturated carbocycles. The van der Waals surface area contributed by atoms with Crippen LogP contribution < -0.4 is 10.9 Å². The summed E-state index contributed by atoms with van der Waals surface area (Å²) in [6.45, 7) is -0.0664. The van der Waals surface area contributed by atoms with Crippen LogP contribution in [0.4, 0.5) is 18.9 Å². The molecule has 0 aliphatic heterocycles. The molecule has 0 atom stereocenters. The molecule has 0 saturated heterocycles. The number of carbonyl (C=O) groups is 1. The van der Waals surface area contributed by atoms with Gasteiger partial charge in [0.1, 0.15) is 5.82 Å². The summed E-state index contributed by atoms with van der Waals surface area (Å²) < 4.78 is 45.7. The van der Waals surface area contributed by atoms with Crippen molar-refractivity contribution in [3.05, 3.63) is 62.9 Å². The number of fused-ring (bicyclic) bond motifs is 3. The van der Waals surface area contributed by atoms with Crippen molar-refractivity contribution < 1.29 is 18.0 Å². The van der Waals surface area contributed by atoms with Gasteiger partial charge in [-0.25, -0.2) is 13.2 Å². The Morgan fingerprint density at radius 2 is 1.78 bits per heavy atom. The number of nitrogens with zero attached hydrogens (tertiary/aromatic N) is 3. The molecule has 12 heteroatoms. The van der Waals surface area contributed by atoms with Gasteiger partial charge in [-0.05, 0) is 86.0 Å². The van der Waals surface area contributed by atoms with E-state index < -0.39 is 28.9 Å². The first kappa shape index (κ1) is 23.7. The third kappa shape index (κ3) is 4.12. The maximum atomic E-state index is 14.3. The first-order chi connectivity index (χ1) is 15.1. The lowest BCUT2D eigenvalue weighted by molar-refractivity contribution is -0.116. The highest BCUT2D eigenvalue weighted by Gasteiger charge is 2.19. The molecule has 0 aliphatic carbocycles. The summed E-state index contributed by atoms with van der Waals surface area (Å²) in [7, 11) is 1.69. The van der Waals surface area contributed by atoms with Crippen molar-refractivity contribution in [3.8, 4) is 0 Å². The fraction of sp³-hybridized carbons (Fsp3) is 0.150. The standard InChI is InChI=1S/C20H12F3I3N4O2/c1-29-19-8-4-11(24)10(21)5-14(8)30(20(32)9(19)7-27-29)3-2-15(31)28-13-6-12(25)16(22)18(26)17(13)23/h4-7H,2-3H2,1H3,(H,28,31). The molecule has 4 rings (SSSR count). The summed E-state index contributed by atoms with van der Waals surface area (Å²) in [6, 6.07) is 4.09. The second kappa shape index (κ2) is 9.08. The lowest BCUT2D eigenvalue weighted by Gasteiger charge is -2.14. The van der Waals surface area contributed by atoms with E-state index in [9.17, 15) is 22.8 Å². The zero-order chi connectivity index (χ0) is 23.3. The second-order valence-corrected chi connectivity index (χ2v) is 10.3. The lowest BCUT2D eigenvalue weighted by Crippen LogP contribution is -2.24. The zero-order valence-corrected chi connectivity index (χ0v) is 22.6. The minimum atomic E-state index is -0.868. The largest absolute Gasteiger partial charge is 0.323 e. The molecule has 0 spiro atoms. The van der Waals surface area contributed by atoms with Gasteiger partial charge in [0.2, 0.25) is 5.91 Å². The van der Waals surface area contributed by atoms with E-state index in [1.165, 1.54) is 45.5 Å². The third-order valence-electron chi connectivity index (χ3n) is 4.94. The zero-order valence-electron chi connectivity index (χ0n) is 16.1. The predicted octanol–water partition coefficient (Wildman–Crippen LogP) is 5.15. The van der Waals surface area contributed by atoms with Crippen LogP contribution in [-0.2, 0) is 18.4 Å². The number of hydrogen-bond acceptors (Lipinski definition) is 3. The van der Waals surface area contributed by atoms with Gasteiger partial charge in [0, 0.05) is 29.0 Å². The van der Waals surface area contributed by atoms with E-state index >= 15 is 0 Å². The number of rotatable bonds is 4. The van der Waals surface area contributed by atoms with Crippen LogP contribution in [0.25, 0.3) is 21.8 Å². The molecule has 2 aromatic carbocycles. The Bertz CT molecular complexity index is 1480. The molecule has 0 radical (unpaired) electrons. The van der Waals surface area contributed by atoms with Crippen molar-refractivity contribution in [1.82, 2.24) is 14.3 Å². The van der Waals surface area contributed by atoms with Crippen LogP contribution in [0.2, 0.25) is 0 Å². The van der Waals surface area contributed by atoms with Gasteiger partial charge in [-0.2, -0.15) is 5.10 Å². The normalized spacial score (nSPS) is 11.5. The molecule has 0 fully saturated rings. The van der Waals surface area contributed by atoms with Crippen LogP contribution in [0.15, 0.2) is 29.2 Å². The van der Waals surface area contributed by atoms with Crippen molar-refractivity contribution in [2.24, 2.45) is 7.05 Å². The summed E-state index contributed by atoms with van der Waals surface area (Å²) in [5.41, 5.74) is 0.340. The summed E-state index contributed by atoms with van der Waals surface area (Å²) in [6.07, 6.45) is 1.25. The molecule has 166 valence electrons. The highest BCUT2D eigenvalue weighted by atomic mass is 127. The average molecular weight is 778 g/mol. The summed E-state index contributed by atoms with van der Waals surface area (Å²) in [4.78, 5) is 25.6. The molecule has 0 unspecified atom stereocenters. The van der Waals surface area contributed by atoms with Gasteiger partial charge in [0.15, 0.2) is 11.6 Å². The van der Waals surface area contributed by atoms with E-state index in [1.54, 1.807) is 40.4 Å². The molecule has 0 bridgehead atoms. The fourth-order valence-electron chi connectivity index (χ4n) is 3.43. The third-order valence-corrected chi connectivity index (χ3v) is 7.50. The summed E-state index contributed by atoms with van der Waals surface area (Å²) in [5, 5.41) is 7.53. The smallest absolute Gasteiger partial charge is 0.262 e. The maximum Gasteiger partial charge on any atom is 0.262 e. The van der Waals surface area contributed by atoms with E-state index in [4.69, 9.17) is 0 Å². The summed E-state index contributed by atoms with van der Waals surface area (Å²) in [5.74, 6) is -2.62. The van der Waals surface area contributed by atoms with Crippen LogP contribution in [-0.4, -0.2) is 20.3 Å². The van der Waals surface area contributed by atoms with E-state index in [-0.39, 0.29) is 25.8 Å². The van der Waals surface area contributed by atoms with Gasteiger partial charge in [0.25, 0.3) is 5.56 Å². The quantitative estimate of drug-likeness (QED) is 0.177. The molecular weight excluding hydrogens is 766 g/mol. The number of pyridine rings is 1. The van der Waals surface area contributed by atoms with Crippen LogP contribution in [0.1, 0.15) is 6.42 Å². The number of hydrogen-bond donors (Lipinski definition) is 1. The Kier molecular flexibility index (Phi) is 6.73. The molecule has 32 heavy (non-hydrogen) atoms. The topological polar surface area (TPSA) is 68.9 Å². The second-order valence-electron chi connectivity index (χ2n) is 6.92. The van der Waals surface area contributed by atoms with Gasteiger partial charge in [-0.15, -0.1) is 0 Å². The fourth-order valence-corrected chi connectivity index (χ4v) is 5.57. The van der Waals surface area contributed by atoms with Crippen molar-refractivity contribution in [1.29, 1.82) is 0 Å². The van der Waals surface area contributed by atoms with Crippen molar-refractivity contribution in [3.63, 3.8) is 0 Å². The number of aryl methyl sites for hydroxylation is 2. The average Bonchev–Trinajstić information content (AvgIpc) is 3.14. The number of aromatic nitrogens is 3. The molecule has 1 N–H and O–H groups in total. The molecule has 0 aliphatic rings. The Balaban J connectivity index is 1.71. The van der Waals surface area contributed by atoms with E-state index in [1.807, 2.05) is 22.6 Å². The molecule has 2 heterocycles. The minimum Gasteiger partial charge on any atom is -0.323 e. The number of amides is 1. The number of anilines is 1. The van der Waals surface area contributed by atoms with Crippen LogP contribution in [0.3, 0.4) is 0 Å².